The van der Waals surface area contributed by atoms with Gasteiger partial charge in [0, 0.05) is 18.7 Å². The molecular formula is C14H14N6O. The van der Waals surface area contributed by atoms with Gasteiger partial charge in [0.05, 0.1) is 18.2 Å². The number of fused-ring (bicyclic) bond motifs is 1. The molecule has 0 saturated carbocycles. The Hall–Kier alpha value is -2.88. The number of benzene rings is 1. The first-order valence-corrected chi connectivity index (χ1v) is 6.72. The number of carbonyl (C=O) groups is 1. The standard InChI is InChI=1S/C14H14N6O/c15-8-10-3-5-11(6-4-10)17-14(21)16-9-13-19-18-12-2-1-7-20(12)13/h3-6H,1-2,7,9H2,(H2,16,17,21). The van der Waals surface area contributed by atoms with Gasteiger partial charge in [-0.15, -0.1) is 10.2 Å². The quantitative estimate of drug-likeness (QED) is 0.889. The van der Waals surface area contributed by atoms with Crippen LogP contribution in [0.4, 0.5) is 10.5 Å². The van der Waals surface area contributed by atoms with E-state index in [2.05, 4.69) is 20.8 Å². The molecule has 2 aromatic rings. The van der Waals surface area contributed by atoms with Crippen LogP contribution in [0, 0.1) is 11.3 Å². The SMILES string of the molecule is N#Cc1ccc(NC(=O)NCc2nnc3n2CCC3)cc1. The van der Waals surface area contributed by atoms with Crippen molar-refractivity contribution in [3.63, 3.8) is 0 Å². The van der Waals surface area contributed by atoms with Gasteiger partial charge in [0.25, 0.3) is 0 Å². The van der Waals surface area contributed by atoms with Gasteiger partial charge in [-0.3, -0.25) is 0 Å². The summed E-state index contributed by atoms with van der Waals surface area (Å²) in [6, 6.07) is 8.40. The monoisotopic (exact) mass is 282 g/mol. The van der Waals surface area contributed by atoms with Gasteiger partial charge in [-0.25, -0.2) is 4.79 Å². The van der Waals surface area contributed by atoms with Crippen molar-refractivity contribution in [3.8, 4) is 6.07 Å². The summed E-state index contributed by atoms with van der Waals surface area (Å²) in [5.41, 5.74) is 1.19. The van der Waals surface area contributed by atoms with Gasteiger partial charge in [-0.1, -0.05) is 0 Å². The number of urea groups is 1. The molecule has 0 unspecified atom stereocenters. The Morgan fingerprint density at radius 2 is 2.14 bits per heavy atom. The van der Waals surface area contributed by atoms with Crippen LogP contribution >= 0.6 is 0 Å². The van der Waals surface area contributed by atoms with Gasteiger partial charge in [0.2, 0.25) is 0 Å². The van der Waals surface area contributed by atoms with Gasteiger partial charge < -0.3 is 15.2 Å². The molecule has 0 radical (unpaired) electrons. The van der Waals surface area contributed by atoms with Crippen LogP contribution in [0.3, 0.4) is 0 Å². The van der Waals surface area contributed by atoms with Crippen LogP contribution < -0.4 is 10.6 Å². The molecule has 2 N–H and O–H groups in total. The van der Waals surface area contributed by atoms with Crippen molar-refractivity contribution in [3.05, 3.63) is 41.5 Å². The Kier molecular flexibility index (Phi) is 3.51. The first-order chi connectivity index (χ1) is 10.3. The van der Waals surface area contributed by atoms with Crippen LogP contribution in [-0.2, 0) is 19.5 Å². The molecule has 1 aliphatic heterocycles. The molecule has 2 amide bonds. The zero-order valence-electron chi connectivity index (χ0n) is 11.3. The van der Waals surface area contributed by atoms with Crippen LogP contribution in [0.5, 0.6) is 0 Å². The molecule has 7 heteroatoms. The van der Waals surface area contributed by atoms with E-state index in [-0.39, 0.29) is 6.03 Å². The second-order valence-corrected chi connectivity index (χ2v) is 4.78. The number of nitrogens with zero attached hydrogens (tertiary/aromatic N) is 4. The lowest BCUT2D eigenvalue weighted by atomic mass is 10.2. The number of anilines is 1. The first-order valence-electron chi connectivity index (χ1n) is 6.72. The summed E-state index contributed by atoms with van der Waals surface area (Å²) < 4.78 is 2.04. The maximum absolute atomic E-state index is 11.8. The molecule has 0 saturated heterocycles. The van der Waals surface area contributed by atoms with Crippen LogP contribution in [-0.4, -0.2) is 20.8 Å². The van der Waals surface area contributed by atoms with E-state index >= 15 is 0 Å². The zero-order valence-corrected chi connectivity index (χ0v) is 11.3. The highest BCUT2D eigenvalue weighted by atomic mass is 16.2. The van der Waals surface area contributed by atoms with E-state index in [0.29, 0.717) is 17.8 Å². The molecule has 0 aliphatic carbocycles. The molecule has 2 heterocycles. The number of hydrogen-bond donors (Lipinski definition) is 2. The van der Waals surface area contributed by atoms with Crippen molar-refractivity contribution in [2.45, 2.75) is 25.9 Å². The Balaban J connectivity index is 1.55. The third-order valence-corrected chi connectivity index (χ3v) is 3.37. The fourth-order valence-corrected chi connectivity index (χ4v) is 2.30. The molecule has 0 spiro atoms. The Bertz CT molecular complexity index is 697. The second kappa shape index (κ2) is 5.63. The zero-order chi connectivity index (χ0) is 14.7. The molecular weight excluding hydrogens is 268 g/mol. The van der Waals surface area contributed by atoms with Crippen molar-refractivity contribution < 1.29 is 4.79 Å². The van der Waals surface area contributed by atoms with E-state index in [4.69, 9.17) is 5.26 Å². The van der Waals surface area contributed by atoms with Crippen LogP contribution in [0.2, 0.25) is 0 Å². The first kappa shape index (κ1) is 13.1. The van der Waals surface area contributed by atoms with E-state index in [1.807, 2.05) is 10.6 Å². The third-order valence-electron chi connectivity index (χ3n) is 3.37. The molecule has 21 heavy (non-hydrogen) atoms. The van der Waals surface area contributed by atoms with Crippen molar-refractivity contribution in [1.29, 1.82) is 5.26 Å². The maximum Gasteiger partial charge on any atom is 0.319 e. The van der Waals surface area contributed by atoms with Crippen molar-refractivity contribution >= 4 is 11.7 Å². The fraction of sp³-hybridized carbons (Fsp3) is 0.286. The summed E-state index contributed by atoms with van der Waals surface area (Å²) in [5, 5.41) is 22.3. The fourth-order valence-electron chi connectivity index (χ4n) is 2.30. The normalized spacial score (nSPS) is 12.5. The average molecular weight is 282 g/mol. The second-order valence-electron chi connectivity index (χ2n) is 4.78. The van der Waals surface area contributed by atoms with Gasteiger partial charge in [-0.05, 0) is 30.7 Å². The third kappa shape index (κ3) is 2.84. The van der Waals surface area contributed by atoms with E-state index in [1.165, 1.54) is 0 Å². The van der Waals surface area contributed by atoms with Crippen molar-refractivity contribution in [2.24, 2.45) is 0 Å². The molecule has 1 aromatic heterocycles. The van der Waals surface area contributed by atoms with E-state index < -0.39 is 0 Å². The number of aromatic nitrogens is 3. The lowest BCUT2D eigenvalue weighted by Crippen LogP contribution is -2.29. The highest BCUT2D eigenvalue weighted by Crippen LogP contribution is 2.13. The van der Waals surface area contributed by atoms with Crippen LogP contribution in [0.25, 0.3) is 0 Å². The summed E-state index contributed by atoms with van der Waals surface area (Å²) in [5.74, 6) is 1.76. The molecule has 7 nitrogen and oxygen atoms in total. The minimum atomic E-state index is -0.310. The smallest absolute Gasteiger partial charge is 0.319 e. The topological polar surface area (TPSA) is 95.6 Å². The van der Waals surface area contributed by atoms with Crippen LogP contribution in [0.15, 0.2) is 24.3 Å². The van der Waals surface area contributed by atoms with Gasteiger partial charge in [0.15, 0.2) is 5.82 Å². The van der Waals surface area contributed by atoms with E-state index in [1.54, 1.807) is 24.3 Å². The van der Waals surface area contributed by atoms with E-state index in [9.17, 15) is 4.79 Å². The number of aryl methyl sites for hydroxylation is 1. The molecule has 1 aromatic carbocycles. The number of rotatable bonds is 3. The number of hydrogen-bond acceptors (Lipinski definition) is 4. The predicted molar refractivity (Wildman–Crippen MR) is 75.4 cm³/mol. The highest BCUT2D eigenvalue weighted by molar-refractivity contribution is 5.89. The molecule has 3 rings (SSSR count). The lowest BCUT2D eigenvalue weighted by molar-refractivity contribution is 0.251. The number of nitrogens with one attached hydrogen (secondary N) is 2. The number of carbonyl (C=O) groups excluding carboxylic acids is 1. The minimum absolute atomic E-state index is 0.310. The summed E-state index contributed by atoms with van der Waals surface area (Å²) >= 11 is 0. The number of amides is 2. The van der Waals surface area contributed by atoms with Crippen molar-refractivity contribution in [1.82, 2.24) is 20.1 Å². The summed E-state index contributed by atoms with van der Waals surface area (Å²) in [6.07, 6.45) is 2.03. The highest BCUT2D eigenvalue weighted by Gasteiger charge is 2.17. The van der Waals surface area contributed by atoms with Crippen molar-refractivity contribution in [2.75, 3.05) is 5.32 Å². The summed E-state index contributed by atoms with van der Waals surface area (Å²) in [6.45, 7) is 1.26. The van der Waals surface area contributed by atoms with Gasteiger partial charge >= 0.3 is 6.03 Å². The largest absolute Gasteiger partial charge is 0.331 e. The van der Waals surface area contributed by atoms with Gasteiger partial charge in [0.1, 0.15) is 5.82 Å². The number of nitriles is 1. The molecule has 0 bridgehead atoms. The van der Waals surface area contributed by atoms with E-state index in [0.717, 1.165) is 31.0 Å². The summed E-state index contributed by atoms with van der Waals surface area (Å²) in [4.78, 5) is 11.8. The Morgan fingerprint density at radius 1 is 1.33 bits per heavy atom. The maximum atomic E-state index is 11.8. The molecule has 0 fully saturated rings. The predicted octanol–water partition coefficient (Wildman–Crippen LogP) is 1.42. The minimum Gasteiger partial charge on any atom is -0.331 e. The molecule has 106 valence electrons. The Labute approximate surface area is 121 Å². The Morgan fingerprint density at radius 3 is 2.90 bits per heavy atom. The van der Waals surface area contributed by atoms with Gasteiger partial charge in [-0.2, -0.15) is 5.26 Å². The molecule has 1 aliphatic rings. The average Bonchev–Trinajstić information content (AvgIpc) is 3.09. The van der Waals surface area contributed by atoms with Crippen LogP contribution in [0.1, 0.15) is 23.6 Å². The molecule has 0 atom stereocenters. The summed E-state index contributed by atoms with van der Waals surface area (Å²) in [7, 11) is 0. The lowest BCUT2D eigenvalue weighted by Gasteiger charge is -2.07.